The van der Waals surface area contributed by atoms with Crippen LogP contribution in [-0.4, -0.2) is 46.0 Å². The maximum absolute atomic E-state index is 15.7. The fraction of sp³-hybridized carbons (Fsp3) is 0.200. The zero-order chi connectivity index (χ0) is 23.5. The third kappa shape index (κ3) is 3.24. The molecular weight excluding hydrogens is 436 g/mol. The van der Waals surface area contributed by atoms with E-state index < -0.39 is 80.3 Å². The summed E-state index contributed by atoms with van der Waals surface area (Å²) in [5.74, 6) is -6.59. The van der Waals surface area contributed by atoms with Crippen molar-refractivity contribution in [3.8, 4) is 5.69 Å². The van der Waals surface area contributed by atoms with Crippen LogP contribution in [0, 0.1) is 23.3 Å². The Morgan fingerprint density at radius 1 is 1.06 bits per heavy atom. The van der Waals surface area contributed by atoms with Gasteiger partial charge in [-0.2, -0.15) is 0 Å². The van der Waals surface area contributed by atoms with Crippen molar-refractivity contribution in [1.29, 1.82) is 0 Å². The van der Waals surface area contributed by atoms with E-state index in [0.717, 1.165) is 11.0 Å². The third-order valence-corrected chi connectivity index (χ3v) is 5.36. The number of aromatic nitrogens is 1. The first-order chi connectivity index (χ1) is 15.0. The molecule has 0 unspecified atom stereocenters. The summed E-state index contributed by atoms with van der Waals surface area (Å²) in [5.41, 5.74) is 6.70. The van der Waals surface area contributed by atoms with Crippen molar-refractivity contribution in [2.24, 2.45) is 5.73 Å². The Bertz CT molecular complexity index is 1330. The van der Waals surface area contributed by atoms with Gasteiger partial charge in [-0.05, 0) is 12.1 Å². The highest BCUT2D eigenvalue weighted by Gasteiger charge is 2.33. The molecule has 3 aromatic rings. The zero-order valence-corrected chi connectivity index (χ0v) is 16.2. The number of rotatable bonds is 3. The highest BCUT2D eigenvalue weighted by molar-refractivity contribution is 5.94. The van der Waals surface area contributed by atoms with E-state index in [0.29, 0.717) is 22.9 Å². The summed E-state index contributed by atoms with van der Waals surface area (Å²) in [6.07, 6.45) is -0.423. The Labute approximate surface area is 176 Å². The number of carboxylic acids is 1. The molecule has 1 fully saturated rings. The summed E-state index contributed by atoms with van der Waals surface area (Å²) >= 11 is 0. The Morgan fingerprint density at radius 2 is 1.75 bits per heavy atom. The molecule has 0 aliphatic carbocycles. The summed E-state index contributed by atoms with van der Waals surface area (Å²) in [7, 11) is 0. The average molecular weight is 452 g/mol. The lowest BCUT2D eigenvalue weighted by Crippen LogP contribution is -2.32. The minimum Gasteiger partial charge on any atom is -0.477 e. The normalized spacial score (nSPS) is 18.5. The smallest absolute Gasteiger partial charge is 0.341 e. The first-order valence-electron chi connectivity index (χ1n) is 9.25. The fourth-order valence-corrected chi connectivity index (χ4v) is 3.77. The van der Waals surface area contributed by atoms with E-state index in [1.165, 1.54) is 0 Å². The molecule has 12 heteroatoms. The average Bonchev–Trinajstić information content (AvgIpc) is 3.03. The van der Waals surface area contributed by atoms with Crippen LogP contribution in [0.3, 0.4) is 0 Å². The third-order valence-electron chi connectivity index (χ3n) is 5.36. The van der Waals surface area contributed by atoms with Crippen LogP contribution >= 0.6 is 0 Å². The minimum atomic E-state index is -1.72. The van der Waals surface area contributed by atoms with E-state index in [1.807, 2.05) is 0 Å². The number of aromatic carboxylic acids is 1. The maximum Gasteiger partial charge on any atom is 0.341 e. The number of pyridine rings is 1. The van der Waals surface area contributed by atoms with Crippen molar-refractivity contribution in [3.63, 3.8) is 0 Å². The molecule has 0 bridgehead atoms. The Balaban J connectivity index is 2.12. The van der Waals surface area contributed by atoms with Crippen LogP contribution in [0.25, 0.3) is 16.6 Å². The van der Waals surface area contributed by atoms with Gasteiger partial charge in [0.05, 0.1) is 28.4 Å². The number of halogens is 4. The van der Waals surface area contributed by atoms with Gasteiger partial charge in [-0.15, -0.1) is 0 Å². The van der Waals surface area contributed by atoms with Crippen LogP contribution in [0.4, 0.5) is 28.9 Å². The van der Waals surface area contributed by atoms with Crippen LogP contribution in [0.15, 0.2) is 29.2 Å². The van der Waals surface area contributed by atoms with E-state index in [-0.39, 0.29) is 13.1 Å². The first kappa shape index (κ1) is 21.6. The van der Waals surface area contributed by atoms with Crippen molar-refractivity contribution in [3.05, 3.63) is 63.5 Å². The number of benzene rings is 2. The van der Waals surface area contributed by atoms with Gasteiger partial charge in [-0.3, -0.25) is 4.79 Å². The van der Waals surface area contributed by atoms with E-state index in [1.54, 1.807) is 0 Å². The number of nitrogens with zero attached hydrogens (tertiary/aromatic N) is 2. The van der Waals surface area contributed by atoms with Gasteiger partial charge in [-0.1, -0.05) is 0 Å². The fourth-order valence-electron chi connectivity index (χ4n) is 3.77. The van der Waals surface area contributed by atoms with Crippen molar-refractivity contribution in [2.75, 3.05) is 23.7 Å². The Morgan fingerprint density at radius 3 is 2.34 bits per heavy atom. The monoisotopic (exact) mass is 452 g/mol. The predicted octanol–water partition coefficient (Wildman–Crippen LogP) is 1.34. The van der Waals surface area contributed by atoms with Crippen molar-refractivity contribution in [2.45, 2.75) is 12.1 Å². The van der Waals surface area contributed by atoms with Gasteiger partial charge < -0.3 is 31.1 Å². The molecule has 6 N–H and O–H groups in total. The molecule has 2 aromatic carbocycles. The van der Waals surface area contributed by atoms with Crippen LogP contribution in [0.1, 0.15) is 10.4 Å². The largest absolute Gasteiger partial charge is 0.477 e. The molecule has 8 nitrogen and oxygen atoms in total. The number of hydrogen-bond acceptors (Lipinski definition) is 6. The van der Waals surface area contributed by atoms with Crippen molar-refractivity contribution < 1.29 is 32.6 Å². The summed E-state index contributed by atoms with van der Waals surface area (Å²) in [5, 5.41) is 18.5. The molecule has 1 aliphatic rings. The number of aliphatic hydroxyl groups is 1. The minimum absolute atomic E-state index is 0.115. The molecule has 1 aromatic heterocycles. The summed E-state index contributed by atoms with van der Waals surface area (Å²) in [4.78, 5) is 25.3. The molecule has 0 radical (unpaired) electrons. The van der Waals surface area contributed by atoms with Gasteiger partial charge in [0.15, 0.2) is 5.82 Å². The van der Waals surface area contributed by atoms with Gasteiger partial charge >= 0.3 is 5.97 Å². The van der Waals surface area contributed by atoms with Gasteiger partial charge in [-0.25, -0.2) is 22.4 Å². The molecule has 2 heterocycles. The van der Waals surface area contributed by atoms with Gasteiger partial charge in [0, 0.05) is 31.4 Å². The summed E-state index contributed by atoms with van der Waals surface area (Å²) in [6, 6.07) is 1.03. The van der Waals surface area contributed by atoms with Crippen molar-refractivity contribution >= 4 is 28.2 Å². The molecule has 0 saturated carbocycles. The quantitative estimate of drug-likeness (QED) is 0.348. The number of β-amino-alcohol motifs (C(OH)–C–C–N with tert-alkyl or cyclic N) is 1. The molecule has 4 rings (SSSR count). The number of nitrogen functional groups attached to an aromatic ring is 1. The lowest BCUT2D eigenvalue weighted by atomic mass is 10.1. The van der Waals surface area contributed by atoms with Gasteiger partial charge in [0.25, 0.3) is 0 Å². The number of aliphatic hydroxyl groups excluding tert-OH is 1. The predicted molar refractivity (Wildman–Crippen MR) is 107 cm³/mol. The molecule has 0 spiro atoms. The SMILES string of the molecule is Nc1cc(-n2cc(C(=O)O)c(=O)c3cc(F)c(N4C[C@@H](N)[C@H](O)C4)c(F)c32)c(F)cc1F. The lowest BCUT2D eigenvalue weighted by molar-refractivity contribution is 0.0695. The van der Waals surface area contributed by atoms with E-state index in [4.69, 9.17) is 11.5 Å². The zero-order valence-electron chi connectivity index (χ0n) is 16.2. The van der Waals surface area contributed by atoms with E-state index in [2.05, 4.69) is 0 Å². The molecule has 1 aliphatic heterocycles. The topological polar surface area (TPSA) is 135 Å². The number of hydrogen-bond donors (Lipinski definition) is 4. The number of nitrogens with two attached hydrogens (primary N) is 2. The number of anilines is 2. The van der Waals surface area contributed by atoms with Gasteiger partial charge in [0.2, 0.25) is 5.43 Å². The Hall–Kier alpha value is -3.64. The second-order valence-electron chi connectivity index (χ2n) is 7.43. The second kappa shape index (κ2) is 7.50. The lowest BCUT2D eigenvalue weighted by Gasteiger charge is -2.22. The molecule has 1 saturated heterocycles. The van der Waals surface area contributed by atoms with Crippen LogP contribution in [-0.2, 0) is 0 Å². The van der Waals surface area contributed by atoms with Crippen LogP contribution in [0.2, 0.25) is 0 Å². The van der Waals surface area contributed by atoms with Crippen molar-refractivity contribution in [1.82, 2.24) is 4.57 Å². The highest BCUT2D eigenvalue weighted by atomic mass is 19.1. The van der Waals surface area contributed by atoms with Crippen LogP contribution < -0.4 is 21.8 Å². The van der Waals surface area contributed by atoms with Gasteiger partial charge in [0.1, 0.15) is 28.7 Å². The Kier molecular flexibility index (Phi) is 5.06. The van der Waals surface area contributed by atoms with E-state index >= 15 is 4.39 Å². The first-order valence-corrected chi connectivity index (χ1v) is 9.25. The highest BCUT2D eigenvalue weighted by Crippen LogP contribution is 2.34. The number of carboxylic acid groups (broad SMARTS) is 1. The van der Waals surface area contributed by atoms with Crippen LogP contribution in [0.5, 0.6) is 0 Å². The number of fused-ring (bicyclic) bond motifs is 1. The molecule has 2 atom stereocenters. The molecule has 168 valence electrons. The standard InChI is InChI=1S/C20H16F4N4O4/c21-9-2-10(22)14(3-12(9)25)28-4-8(20(31)32)19(30)7-1-11(23)18(16(24)17(7)28)27-5-13(26)15(29)6-27/h1-4,13,15,29H,5-6,25-26H2,(H,31,32)/t13-,15-/m1/s1. The molecule has 32 heavy (non-hydrogen) atoms. The summed E-state index contributed by atoms with van der Waals surface area (Å²) in [6.45, 7) is -0.328. The second-order valence-corrected chi connectivity index (χ2v) is 7.43. The molecular formula is C20H16F4N4O4. The van der Waals surface area contributed by atoms with E-state index in [9.17, 15) is 33.0 Å². The molecule has 0 amide bonds. The summed E-state index contributed by atoms with van der Waals surface area (Å²) < 4.78 is 59.5. The number of carbonyl (C=O) groups is 1. The maximum atomic E-state index is 15.7.